The summed E-state index contributed by atoms with van der Waals surface area (Å²) in [6.45, 7) is 0.986. The van der Waals surface area contributed by atoms with Crippen molar-refractivity contribution in [3.8, 4) is 5.75 Å². The molecule has 21 heavy (non-hydrogen) atoms. The van der Waals surface area contributed by atoms with E-state index in [0.29, 0.717) is 17.7 Å². The monoisotopic (exact) mass is 287 g/mol. The molecule has 0 fully saturated rings. The Morgan fingerprint density at radius 2 is 1.81 bits per heavy atom. The third-order valence-corrected chi connectivity index (χ3v) is 3.44. The SMILES string of the molecule is CN(Cc1ccccc1)C[C@@H](O)c1ccc(O)c(CO)c1. The first-order valence-electron chi connectivity index (χ1n) is 6.93. The molecule has 0 saturated heterocycles. The van der Waals surface area contributed by atoms with E-state index < -0.39 is 6.10 Å². The van der Waals surface area contributed by atoms with Crippen molar-refractivity contribution in [2.45, 2.75) is 19.3 Å². The number of aliphatic hydroxyl groups excluding tert-OH is 2. The Morgan fingerprint density at radius 1 is 1.10 bits per heavy atom. The Kier molecular flexibility index (Phi) is 5.33. The minimum absolute atomic E-state index is 0.0473. The number of hydrogen-bond donors (Lipinski definition) is 3. The lowest BCUT2D eigenvalue weighted by molar-refractivity contribution is 0.123. The van der Waals surface area contributed by atoms with Crippen LogP contribution >= 0.6 is 0 Å². The molecule has 2 aromatic rings. The van der Waals surface area contributed by atoms with Gasteiger partial charge >= 0.3 is 0 Å². The molecule has 0 amide bonds. The number of phenols is 1. The normalized spacial score (nSPS) is 12.6. The van der Waals surface area contributed by atoms with Gasteiger partial charge in [-0.05, 0) is 30.3 Å². The maximum absolute atomic E-state index is 10.3. The molecule has 0 saturated carbocycles. The lowest BCUT2D eigenvalue weighted by atomic mass is 10.0. The highest BCUT2D eigenvalue weighted by atomic mass is 16.3. The van der Waals surface area contributed by atoms with Gasteiger partial charge in [-0.25, -0.2) is 0 Å². The van der Waals surface area contributed by atoms with Gasteiger partial charge in [0, 0.05) is 18.7 Å². The smallest absolute Gasteiger partial charge is 0.121 e. The Morgan fingerprint density at radius 3 is 2.48 bits per heavy atom. The average Bonchev–Trinajstić information content (AvgIpc) is 2.48. The van der Waals surface area contributed by atoms with E-state index in [9.17, 15) is 10.2 Å². The number of aromatic hydroxyl groups is 1. The molecule has 0 aliphatic heterocycles. The fourth-order valence-corrected chi connectivity index (χ4v) is 2.30. The molecule has 0 heterocycles. The number of aliphatic hydroxyl groups is 2. The molecule has 0 spiro atoms. The summed E-state index contributed by atoms with van der Waals surface area (Å²) in [6.07, 6.45) is -0.662. The predicted octanol–water partition coefficient (Wildman–Crippen LogP) is 2.05. The van der Waals surface area contributed by atoms with Crippen LogP contribution in [0.25, 0.3) is 0 Å². The van der Waals surface area contributed by atoms with Gasteiger partial charge in [-0.1, -0.05) is 36.4 Å². The number of nitrogens with zero attached hydrogens (tertiary/aromatic N) is 1. The molecular formula is C17H21NO3. The van der Waals surface area contributed by atoms with Crippen LogP contribution in [0.4, 0.5) is 0 Å². The third kappa shape index (κ3) is 4.29. The van der Waals surface area contributed by atoms with Gasteiger partial charge in [0.15, 0.2) is 0 Å². The molecule has 1 atom stereocenters. The molecule has 2 rings (SSSR count). The van der Waals surface area contributed by atoms with Gasteiger partial charge in [0.25, 0.3) is 0 Å². The third-order valence-electron chi connectivity index (χ3n) is 3.44. The van der Waals surface area contributed by atoms with E-state index in [-0.39, 0.29) is 12.4 Å². The number of benzene rings is 2. The molecule has 2 aromatic carbocycles. The minimum Gasteiger partial charge on any atom is -0.508 e. The van der Waals surface area contributed by atoms with E-state index in [4.69, 9.17) is 5.11 Å². The Hall–Kier alpha value is -1.88. The molecule has 0 bridgehead atoms. The molecule has 0 aliphatic carbocycles. The summed E-state index contributed by atoms with van der Waals surface area (Å²) in [4.78, 5) is 2.03. The lowest BCUT2D eigenvalue weighted by Gasteiger charge is -2.21. The van der Waals surface area contributed by atoms with Crippen LogP contribution in [0.3, 0.4) is 0 Å². The first-order chi connectivity index (χ1) is 10.1. The quantitative estimate of drug-likeness (QED) is 0.761. The molecule has 4 nitrogen and oxygen atoms in total. The maximum Gasteiger partial charge on any atom is 0.121 e. The first-order valence-corrected chi connectivity index (χ1v) is 6.93. The number of hydrogen-bond acceptors (Lipinski definition) is 4. The Labute approximate surface area is 124 Å². The van der Waals surface area contributed by atoms with Gasteiger partial charge in [-0.15, -0.1) is 0 Å². The van der Waals surface area contributed by atoms with Crippen LogP contribution in [-0.4, -0.2) is 33.8 Å². The van der Waals surface area contributed by atoms with E-state index >= 15 is 0 Å². The van der Waals surface area contributed by atoms with Crippen molar-refractivity contribution >= 4 is 0 Å². The summed E-state index contributed by atoms with van der Waals surface area (Å²) in [6, 6.07) is 14.9. The van der Waals surface area contributed by atoms with Crippen molar-refractivity contribution in [2.75, 3.05) is 13.6 Å². The summed E-state index contributed by atoms with van der Waals surface area (Å²) < 4.78 is 0. The van der Waals surface area contributed by atoms with Crippen LogP contribution in [0.1, 0.15) is 22.8 Å². The van der Waals surface area contributed by atoms with Crippen LogP contribution in [0.5, 0.6) is 5.75 Å². The summed E-state index contributed by atoms with van der Waals surface area (Å²) in [5.41, 5.74) is 2.31. The fraction of sp³-hybridized carbons (Fsp3) is 0.294. The summed E-state index contributed by atoms with van der Waals surface area (Å²) in [5.74, 6) is 0.0473. The van der Waals surface area contributed by atoms with Crippen molar-refractivity contribution < 1.29 is 15.3 Å². The Bertz CT molecular complexity index is 572. The van der Waals surface area contributed by atoms with Crippen LogP contribution in [0.15, 0.2) is 48.5 Å². The van der Waals surface area contributed by atoms with Crippen LogP contribution in [-0.2, 0) is 13.2 Å². The molecule has 0 aliphatic rings. The standard InChI is InChI=1S/C17H21NO3/c1-18(10-13-5-3-2-4-6-13)11-17(21)14-7-8-16(20)15(9-14)12-19/h2-9,17,19-21H,10-12H2,1H3/t17-/m1/s1. The van der Waals surface area contributed by atoms with Crippen molar-refractivity contribution in [3.05, 3.63) is 65.2 Å². The number of rotatable bonds is 6. The molecule has 4 heteroatoms. The van der Waals surface area contributed by atoms with E-state index in [2.05, 4.69) is 0 Å². The highest BCUT2D eigenvalue weighted by Crippen LogP contribution is 2.23. The van der Waals surface area contributed by atoms with Crippen LogP contribution < -0.4 is 0 Å². The topological polar surface area (TPSA) is 63.9 Å². The second-order valence-electron chi connectivity index (χ2n) is 5.24. The van der Waals surface area contributed by atoms with Gasteiger partial charge in [0.1, 0.15) is 5.75 Å². The van der Waals surface area contributed by atoms with Crippen LogP contribution in [0.2, 0.25) is 0 Å². The second-order valence-corrected chi connectivity index (χ2v) is 5.24. The molecule has 112 valence electrons. The zero-order valence-electron chi connectivity index (χ0n) is 12.1. The zero-order valence-corrected chi connectivity index (χ0v) is 12.1. The van der Waals surface area contributed by atoms with E-state index in [1.807, 2.05) is 42.3 Å². The van der Waals surface area contributed by atoms with Gasteiger partial charge < -0.3 is 15.3 Å². The minimum atomic E-state index is -0.662. The molecule has 0 aromatic heterocycles. The maximum atomic E-state index is 10.3. The Balaban J connectivity index is 1.99. The highest BCUT2D eigenvalue weighted by Gasteiger charge is 2.13. The van der Waals surface area contributed by atoms with Gasteiger partial charge in [0.2, 0.25) is 0 Å². The molecule has 3 N–H and O–H groups in total. The van der Waals surface area contributed by atoms with E-state index in [1.54, 1.807) is 12.1 Å². The average molecular weight is 287 g/mol. The second kappa shape index (κ2) is 7.22. The van der Waals surface area contributed by atoms with Gasteiger partial charge in [-0.3, -0.25) is 4.90 Å². The van der Waals surface area contributed by atoms with Gasteiger partial charge in [0.05, 0.1) is 12.7 Å². The molecular weight excluding hydrogens is 266 g/mol. The number of likely N-dealkylation sites (N-methyl/N-ethyl adjacent to an activating group) is 1. The highest BCUT2D eigenvalue weighted by molar-refractivity contribution is 5.36. The van der Waals surface area contributed by atoms with Gasteiger partial charge in [-0.2, -0.15) is 0 Å². The summed E-state index contributed by atoms with van der Waals surface area (Å²) in [5, 5.41) is 29.0. The van der Waals surface area contributed by atoms with E-state index in [1.165, 1.54) is 11.6 Å². The predicted molar refractivity (Wildman–Crippen MR) is 81.8 cm³/mol. The van der Waals surface area contributed by atoms with Crippen molar-refractivity contribution in [1.29, 1.82) is 0 Å². The van der Waals surface area contributed by atoms with E-state index in [0.717, 1.165) is 6.54 Å². The van der Waals surface area contributed by atoms with Crippen LogP contribution in [0, 0.1) is 0 Å². The summed E-state index contributed by atoms with van der Waals surface area (Å²) >= 11 is 0. The lowest BCUT2D eigenvalue weighted by Crippen LogP contribution is -2.24. The largest absolute Gasteiger partial charge is 0.508 e. The molecule has 0 unspecified atom stereocenters. The van der Waals surface area contributed by atoms with Crippen molar-refractivity contribution in [2.24, 2.45) is 0 Å². The first kappa shape index (κ1) is 15.5. The van der Waals surface area contributed by atoms with Crippen molar-refractivity contribution in [3.63, 3.8) is 0 Å². The van der Waals surface area contributed by atoms with Crippen molar-refractivity contribution in [1.82, 2.24) is 4.90 Å². The summed E-state index contributed by atoms with van der Waals surface area (Å²) in [7, 11) is 1.95. The zero-order chi connectivity index (χ0) is 15.2. The molecule has 0 radical (unpaired) electrons. The fourth-order valence-electron chi connectivity index (χ4n) is 2.30.